The van der Waals surface area contributed by atoms with Crippen LogP contribution in [0.15, 0.2) is 24.3 Å². The van der Waals surface area contributed by atoms with Gasteiger partial charge in [-0.15, -0.1) is 0 Å². The summed E-state index contributed by atoms with van der Waals surface area (Å²) in [4.78, 5) is 17.4. The largest absolute Gasteiger partial charge is 0.374 e. The molecule has 0 heterocycles. The fourth-order valence-electron chi connectivity index (χ4n) is 1.30. The molecule has 88 valence electrons. The molecule has 0 aliphatic carbocycles. The molecule has 0 unspecified atom stereocenters. The second-order valence-corrected chi connectivity index (χ2v) is 3.60. The monoisotopic (exact) mass is 223 g/mol. The van der Waals surface area contributed by atoms with Crippen molar-refractivity contribution in [1.29, 1.82) is 0 Å². The average molecular weight is 223 g/mol. The minimum Gasteiger partial charge on any atom is -0.374 e. The van der Waals surface area contributed by atoms with Gasteiger partial charge in [0.15, 0.2) is 0 Å². The quantitative estimate of drug-likeness (QED) is 0.569. The molecule has 0 aliphatic heterocycles. The van der Waals surface area contributed by atoms with E-state index < -0.39 is 0 Å². The first-order chi connectivity index (χ1) is 7.63. The zero-order chi connectivity index (χ0) is 12.0. The Hall–Kier alpha value is -1.59. The molecule has 1 aromatic rings. The van der Waals surface area contributed by atoms with Crippen LogP contribution in [-0.2, 0) is 9.63 Å². The second kappa shape index (κ2) is 6.09. The molecule has 0 aliphatic rings. The predicted octanol–water partition coefficient (Wildman–Crippen LogP) is 0.743. The number of anilines is 1. The lowest BCUT2D eigenvalue weighted by Crippen LogP contribution is -2.29. The van der Waals surface area contributed by atoms with E-state index in [4.69, 9.17) is 5.84 Å². The Morgan fingerprint density at radius 2 is 2.06 bits per heavy atom. The highest BCUT2D eigenvalue weighted by Crippen LogP contribution is 2.13. The van der Waals surface area contributed by atoms with Crippen LogP contribution in [0.4, 0.5) is 5.69 Å². The Morgan fingerprint density at radius 1 is 1.44 bits per heavy atom. The van der Waals surface area contributed by atoms with Crippen molar-refractivity contribution >= 4 is 11.7 Å². The first-order valence-electron chi connectivity index (χ1n) is 5.06. The number of hydrazine groups is 1. The van der Waals surface area contributed by atoms with Gasteiger partial charge in [0.1, 0.15) is 0 Å². The minimum atomic E-state index is -0.374. The summed E-state index contributed by atoms with van der Waals surface area (Å²) in [6, 6.07) is 8.10. The highest BCUT2D eigenvalue weighted by Gasteiger charge is 2.05. The van der Waals surface area contributed by atoms with Gasteiger partial charge in [0.25, 0.3) is 0 Å². The van der Waals surface area contributed by atoms with Gasteiger partial charge in [-0.25, -0.2) is 5.84 Å². The van der Waals surface area contributed by atoms with Gasteiger partial charge in [-0.05, 0) is 19.1 Å². The van der Waals surface area contributed by atoms with E-state index in [-0.39, 0.29) is 12.4 Å². The molecule has 0 fully saturated rings. The Labute approximate surface area is 95.1 Å². The van der Waals surface area contributed by atoms with E-state index in [1.807, 2.05) is 48.7 Å². The number of rotatable bonds is 5. The van der Waals surface area contributed by atoms with Gasteiger partial charge in [-0.2, -0.15) is 0 Å². The number of nitrogens with two attached hydrogens (primary N) is 1. The number of carbonyl (C=O) groups excluding carboxylic acids is 1. The highest BCUT2D eigenvalue weighted by atomic mass is 16.7. The van der Waals surface area contributed by atoms with Crippen LogP contribution in [0.2, 0.25) is 0 Å². The summed E-state index contributed by atoms with van der Waals surface area (Å²) in [5.41, 5.74) is 4.15. The Kier molecular flexibility index (Phi) is 4.75. The van der Waals surface area contributed by atoms with Crippen molar-refractivity contribution in [2.24, 2.45) is 5.84 Å². The first-order valence-corrected chi connectivity index (χ1v) is 5.06. The lowest BCUT2D eigenvalue weighted by Gasteiger charge is -2.18. The molecule has 1 aromatic carbocycles. The molecule has 0 saturated carbocycles. The molecule has 0 radical (unpaired) electrons. The van der Waals surface area contributed by atoms with Crippen LogP contribution in [0, 0.1) is 6.92 Å². The van der Waals surface area contributed by atoms with Gasteiger partial charge in [0.2, 0.25) is 0 Å². The van der Waals surface area contributed by atoms with Crippen molar-refractivity contribution in [3.63, 3.8) is 0 Å². The summed E-state index contributed by atoms with van der Waals surface area (Å²) in [6.07, 6.45) is 0.286. The van der Waals surface area contributed by atoms with Crippen molar-refractivity contribution in [3.05, 3.63) is 29.8 Å². The number of carbonyl (C=O) groups is 1. The van der Waals surface area contributed by atoms with Crippen molar-refractivity contribution < 1.29 is 9.63 Å². The smallest absolute Gasteiger partial charge is 0.328 e. The average Bonchev–Trinajstić information content (AvgIpc) is 2.27. The van der Waals surface area contributed by atoms with E-state index in [0.717, 1.165) is 5.69 Å². The third-order valence-electron chi connectivity index (χ3n) is 2.30. The normalized spacial score (nSPS) is 9.94. The molecule has 16 heavy (non-hydrogen) atoms. The fraction of sp³-hybridized carbons (Fsp3) is 0.364. The molecule has 5 nitrogen and oxygen atoms in total. The van der Waals surface area contributed by atoms with E-state index >= 15 is 0 Å². The topological polar surface area (TPSA) is 67.6 Å². The lowest BCUT2D eigenvalue weighted by atomic mass is 10.2. The van der Waals surface area contributed by atoms with Gasteiger partial charge >= 0.3 is 5.97 Å². The van der Waals surface area contributed by atoms with Crippen LogP contribution in [-0.4, -0.2) is 19.6 Å². The molecular formula is C11H17N3O2. The predicted molar refractivity (Wildman–Crippen MR) is 62.5 cm³/mol. The minimum absolute atomic E-state index is 0.286. The number of hydrogen-bond acceptors (Lipinski definition) is 5. The van der Waals surface area contributed by atoms with Crippen LogP contribution in [0.3, 0.4) is 0 Å². The van der Waals surface area contributed by atoms with Gasteiger partial charge in [-0.3, -0.25) is 4.79 Å². The maximum absolute atomic E-state index is 11.0. The fourth-order valence-corrected chi connectivity index (χ4v) is 1.30. The van der Waals surface area contributed by atoms with Crippen LogP contribution < -0.4 is 16.3 Å². The third kappa shape index (κ3) is 3.88. The lowest BCUT2D eigenvalue weighted by molar-refractivity contribution is -0.150. The summed E-state index contributed by atoms with van der Waals surface area (Å²) in [5.74, 6) is 4.48. The van der Waals surface area contributed by atoms with Crippen molar-refractivity contribution in [2.75, 3.05) is 18.5 Å². The van der Waals surface area contributed by atoms with Crippen LogP contribution in [0.25, 0.3) is 0 Å². The number of aryl methyl sites for hydroxylation is 1. The summed E-state index contributed by atoms with van der Waals surface area (Å²) < 4.78 is 0. The van der Waals surface area contributed by atoms with Crippen LogP contribution >= 0.6 is 0 Å². The molecule has 0 amide bonds. The zero-order valence-electron chi connectivity index (χ0n) is 9.56. The summed E-state index contributed by atoms with van der Waals surface area (Å²) >= 11 is 0. The Bertz CT molecular complexity index is 338. The molecule has 0 aromatic heterocycles. The molecule has 5 heteroatoms. The summed E-state index contributed by atoms with van der Waals surface area (Å²) in [5, 5.41) is 0. The molecule has 1 rings (SSSR count). The van der Waals surface area contributed by atoms with Crippen LogP contribution in [0.5, 0.6) is 0 Å². The molecule has 0 saturated heterocycles. The van der Waals surface area contributed by atoms with Crippen molar-refractivity contribution in [1.82, 2.24) is 5.59 Å². The maximum Gasteiger partial charge on any atom is 0.328 e. The van der Waals surface area contributed by atoms with E-state index in [1.54, 1.807) is 0 Å². The Morgan fingerprint density at radius 3 is 2.62 bits per heavy atom. The molecule has 0 spiro atoms. The zero-order valence-corrected chi connectivity index (χ0v) is 9.56. The SMILES string of the molecule is Cc1ccc(N(C)CCC(=O)ONN)cc1. The first kappa shape index (κ1) is 12.5. The van der Waals surface area contributed by atoms with Gasteiger partial charge < -0.3 is 9.74 Å². The maximum atomic E-state index is 11.0. The van der Waals surface area contributed by atoms with E-state index in [0.29, 0.717) is 6.54 Å². The molecular weight excluding hydrogens is 206 g/mol. The van der Waals surface area contributed by atoms with Crippen molar-refractivity contribution in [2.45, 2.75) is 13.3 Å². The molecule has 3 N–H and O–H groups in total. The summed E-state index contributed by atoms with van der Waals surface area (Å²) in [7, 11) is 1.92. The molecule has 0 atom stereocenters. The molecule has 0 bridgehead atoms. The number of hydrogen-bond donors (Lipinski definition) is 2. The highest BCUT2D eigenvalue weighted by molar-refractivity contribution is 5.69. The summed E-state index contributed by atoms with van der Waals surface area (Å²) in [6.45, 7) is 2.62. The number of nitrogens with zero attached hydrogens (tertiary/aromatic N) is 1. The Balaban J connectivity index is 2.43. The number of benzene rings is 1. The van der Waals surface area contributed by atoms with Crippen molar-refractivity contribution in [3.8, 4) is 0 Å². The third-order valence-corrected chi connectivity index (χ3v) is 2.30. The second-order valence-electron chi connectivity index (χ2n) is 3.60. The van der Waals surface area contributed by atoms with E-state index in [9.17, 15) is 4.79 Å². The van der Waals surface area contributed by atoms with Gasteiger partial charge in [0.05, 0.1) is 6.42 Å². The van der Waals surface area contributed by atoms with Gasteiger partial charge in [-0.1, -0.05) is 23.3 Å². The standard InChI is InChI=1S/C11H17N3O2/c1-9-3-5-10(6-4-9)14(2)8-7-11(15)16-13-12/h3-6,13H,7-8,12H2,1-2H3. The van der Waals surface area contributed by atoms with Gasteiger partial charge in [0, 0.05) is 19.3 Å². The van der Waals surface area contributed by atoms with Crippen LogP contribution in [0.1, 0.15) is 12.0 Å². The number of nitrogens with one attached hydrogen (secondary N) is 1. The van der Waals surface area contributed by atoms with E-state index in [1.165, 1.54) is 5.56 Å². The van der Waals surface area contributed by atoms with E-state index in [2.05, 4.69) is 4.84 Å².